The lowest BCUT2D eigenvalue weighted by molar-refractivity contribution is 0.0921. The van der Waals surface area contributed by atoms with E-state index in [1.165, 1.54) is 42.5 Å². The molecule has 1 amide bonds. The maximum atomic E-state index is 13.1. The van der Waals surface area contributed by atoms with Crippen molar-refractivity contribution >= 4 is 16.7 Å². The van der Waals surface area contributed by atoms with Gasteiger partial charge in [-0.3, -0.25) is 9.00 Å². The molecule has 0 radical (unpaired) electrons. The molecular formula is C19H15F2NO3S. The van der Waals surface area contributed by atoms with Crippen LogP contribution in [0.15, 0.2) is 70.0 Å². The lowest BCUT2D eigenvalue weighted by atomic mass is 10.2. The van der Waals surface area contributed by atoms with Crippen molar-refractivity contribution in [3.8, 4) is 0 Å². The van der Waals surface area contributed by atoms with Crippen molar-refractivity contribution in [1.82, 2.24) is 5.32 Å². The molecule has 1 aromatic heterocycles. The number of hydrogen-bond donors (Lipinski definition) is 1. The molecule has 0 unspecified atom stereocenters. The molecular weight excluding hydrogens is 360 g/mol. The lowest BCUT2D eigenvalue weighted by Crippen LogP contribution is -2.22. The zero-order valence-electron chi connectivity index (χ0n) is 13.6. The van der Waals surface area contributed by atoms with Crippen LogP contribution in [-0.2, 0) is 23.1 Å². The van der Waals surface area contributed by atoms with Crippen molar-refractivity contribution < 1.29 is 22.2 Å². The number of carbonyl (C=O) groups is 1. The minimum Gasteiger partial charge on any atom is -0.455 e. The van der Waals surface area contributed by atoms with Gasteiger partial charge in [-0.05, 0) is 54.1 Å². The van der Waals surface area contributed by atoms with Crippen molar-refractivity contribution in [1.29, 1.82) is 0 Å². The molecule has 1 heterocycles. The summed E-state index contributed by atoms with van der Waals surface area (Å²) in [6.45, 7) is 0.161. The van der Waals surface area contributed by atoms with Gasteiger partial charge in [-0.1, -0.05) is 12.1 Å². The third-order valence-electron chi connectivity index (χ3n) is 3.58. The van der Waals surface area contributed by atoms with Crippen molar-refractivity contribution in [3.63, 3.8) is 0 Å². The SMILES string of the molecule is O=C(NCc1cccc(F)c1)c1ccc(C[S@](=O)c2ccc(F)cc2)o1. The van der Waals surface area contributed by atoms with Gasteiger partial charge in [0, 0.05) is 11.4 Å². The zero-order chi connectivity index (χ0) is 18.5. The standard InChI is InChI=1S/C19H15F2NO3S/c20-14-4-7-17(8-5-14)26(24)12-16-6-9-18(25-16)19(23)22-11-13-2-1-3-15(21)10-13/h1-10H,11-12H2,(H,22,23)/t26-/m0/s1. The van der Waals surface area contributed by atoms with Crippen molar-refractivity contribution in [2.75, 3.05) is 0 Å². The van der Waals surface area contributed by atoms with E-state index >= 15 is 0 Å². The van der Waals surface area contributed by atoms with E-state index in [2.05, 4.69) is 5.32 Å². The normalized spacial score (nSPS) is 11.9. The highest BCUT2D eigenvalue weighted by molar-refractivity contribution is 7.84. The molecule has 0 aliphatic rings. The Hall–Kier alpha value is -2.80. The second kappa shape index (κ2) is 8.05. The molecule has 1 atom stereocenters. The predicted molar refractivity (Wildman–Crippen MR) is 92.8 cm³/mol. The van der Waals surface area contributed by atoms with E-state index in [4.69, 9.17) is 4.42 Å². The topological polar surface area (TPSA) is 59.3 Å². The van der Waals surface area contributed by atoms with Gasteiger partial charge in [-0.2, -0.15) is 0 Å². The van der Waals surface area contributed by atoms with E-state index in [1.54, 1.807) is 18.2 Å². The predicted octanol–water partition coefficient (Wildman–Crippen LogP) is 3.80. The third-order valence-corrected chi connectivity index (χ3v) is 4.92. The van der Waals surface area contributed by atoms with E-state index < -0.39 is 22.5 Å². The molecule has 4 nitrogen and oxygen atoms in total. The maximum Gasteiger partial charge on any atom is 0.287 e. The molecule has 0 saturated heterocycles. The Bertz CT molecular complexity index is 938. The van der Waals surface area contributed by atoms with Gasteiger partial charge in [0.05, 0.1) is 16.6 Å². The summed E-state index contributed by atoms with van der Waals surface area (Å²) < 4.78 is 43.7. The fraction of sp³-hybridized carbons (Fsp3) is 0.105. The summed E-state index contributed by atoms with van der Waals surface area (Å²) in [6, 6.07) is 14.3. The van der Waals surface area contributed by atoms with Crippen LogP contribution in [0, 0.1) is 11.6 Å². The molecule has 1 N–H and O–H groups in total. The summed E-state index contributed by atoms with van der Waals surface area (Å²) in [5, 5.41) is 2.63. The number of hydrogen-bond acceptors (Lipinski definition) is 3. The summed E-state index contributed by atoms with van der Waals surface area (Å²) in [5.74, 6) is -0.700. The molecule has 0 bridgehead atoms. The highest BCUT2D eigenvalue weighted by Crippen LogP contribution is 2.16. The van der Waals surface area contributed by atoms with Gasteiger partial charge in [0.1, 0.15) is 17.4 Å². The monoisotopic (exact) mass is 375 g/mol. The number of amides is 1. The maximum absolute atomic E-state index is 13.1. The number of halogens is 2. The van der Waals surface area contributed by atoms with Crippen LogP contribution in [0.3, 0.4) is 0 Å². The zero-order valence-corrected chi connectivity index (χ0v) is 14.4. The van der Waals surface area contributed by atoms with E-state index in [1.807, 2.05) is 0 Å². The number of furan rings is 1. The van der Waals surface area contributed by atoms with E-state index in [0.717, 1.165) is 0 Å². The van der Waals surface area contributed by atoms with Gasteiger partial charge in [0.15, 0.2) is 5.76 Å². The number of nitrogens with one attached hydrogen (secondary N) is 1. The summed E-state index contributed by atoms with van der Waals surface area (Å²) in [5.41, 5.74) is 0.627. The smallest absolute Gasteiger partial charge is 0.287 e. The van der Waals surface area contributed by atoms with Crippen LogP contribution in [0.25, 0.3) is 0 Å². The molecule has 0 fully saturated rings. The lowest BCUT2D eigenvalue weighted by Gasteiger charge is -2.04. The fourth-order valence-electron chi connectivity index (χ4n) is 2.29. The largest absolute Gasteiger partial charge is 0.455 e. The van der Waals surface area contributed by atoms with E-state index in [-0.39, 0.29) is 23.9 Å². The van der Waals surface area contributed by atoms with Crippen molar-refractivity contribution in [2.24, 2.45) is 0 Å². The van der Waals surface area contributed by atoms with E-state index in [9.17, 15) is 17.8 Å². The molecule has 2 aromatic carbocycles. The summed E-state index contributed by atoms with van der Waals surface area (Å²) >= 11 is 0. The molecule has 3 rings (SSSR count). The van der Waals surface area contributed by atoms with Gasteiger partial charge in [0.2, 0.25) is 0 Å². The second-order valence-electron chi connectivity index (χ2n) is 5.52. The highest BCUT2D eigenvalue weighted by atomic mass is 32.2. The summed E-state index contributed by atoms with van der Waals surface area (Å²) in [7, 11) is -1.41. The van der Waals surface area contributed by atoms with Crippen LogP contribution < -0.4 is 5.32 Å². The molecule has 0 aliphatic carbocycles. The van der Waals surface area contributed by atoms with Gasteiger partial charge >= 0.3 is 0 Å². The molecule has 3 aromatic rings. The van der Waals surface area contributed by atoms with E-state index in [0.29, 0.717) is 16.2 Å². The Morgan fingerprint density at radius 3 is 2.50 bits per heavy atom. The van der Waals surface area contributed by atoms with Crippen LogP contribution in [0.1, 0.15) is 21.9 Å². The highest BCUT2D eigenvalue weighted by Gasteiger charge is 2.14. The minimum atomic E-state index is -1.41. The molecule has 0 saturated carbocycles. The van der Waals surface area contributed by atoms with Crippen LogP contribution in [0.4, 0.5) is 8.78 Å². The van der Waals surface area contributed by atoms with Gasteiger partial charge in [-0.15, -0.1) is 0 Å². The van der Waals surface area contributed by atoms with Crippen LogP contribution in [0.5, 0.6) is 0 Å². The number of rotatable bonds is 6. The molecule has 134 valence electrons. The van der Waals surface area contributed by atoms with Gasteiger partial charge in [-0.25, -0.2) is 8.78 Å². The average molecular weight is 375 g/mol. The second-order valence-corrected chi connectivity index (χ2v) is 6.97. The first-order chi connectivity index (χ1) is 12.5. The van der Waals surface area contributed by atoms with Crippen LogP contribution in [-0.4, -0.2) is 10.1 Å². The number of benzene rings is 2. The molecule has 7 heteroatoms. The Balaban J connectivity index is 1.59. The van der Waals surface area contributed by atoms with Crippen molar-refractivity contribution in [3.05, 3.63) is 89.4 Å². The Morgan fingerprint density at radius 2 is 1.77 bits per heavy atom. The third kappa shape index (κ3) is 4.64. The van der Waals surface area contributed by atoms with Gasteiger partial charge in [0.25, 0.3) is 5.91 Å². The average Bonchev–Trinajstić information content (AvgIpc) is 3.09. The van der Waals surface area contributed by atoms with Crippen LogP contribution >= 0.6 is 0 Å². The van der Waals surface area contributed by atoms with Gasteiger partial charge < -0.3 is 9.73 Å². The summed E-state index contributed by atoms with van der Waals surface area (Å²) in [4.78, 5) is 12.6. The first kappa shape index (κ1) is 18.0. The Kier molecular flexibility index (Phi) is 5.58. The Labute approximate surface area is 151 Å². The fourth-order valence-corrected chi connectivity index (χ4v) is 3.31. The molecule has 26 heavy (non-hydrogen) atoms. The van der Waals surface area contributed by atoms with Crippen LogP contribution in [0.2, 0.25) is 0 Å². The molecule has 0 aliphatic heterocycles. The minimum absolute atomic E-state index is 0.0722. The quantitative estimate of drug-likeness (QED) is 0.713. The Morgan fingerprint density at radius 1 is 1.00 bits per heavy atom. The van der Waals surface area contributed by atoms with Crippen molar-refractivity contribution in [2.45, 2.75) is 17.2 Å². The first-order valence-electron chi connectivity index (χ1n) is 7.76. The summed E-state index contributed by atoms with van der Waals surface area (Å²) in [6.07, 6.45) is 0. The first-order valence-corrected chi connectivity index (χ1v) is 9.08. The number of carbonyl (C=O) groups excluding carboxylic acids is 1. The molecule has 0 spiro atoms.